The number of rotatable bonds is 10. The molecule has 0 radical (unpaired) electrons. The van der Waals surface area contributed by atoms with Crippen molar-refractivity contribution >= 4 is 48.0 Å². The first-order chi connectivity index (χ1) is 27.1. The summed E-state index contributed by atoms with van der Waals surface area (Å²) in [5.74, 6) is 0.607. The molecule has 56 heavy (non-hydrogen) atoms. The number of carbonyl (C=O) groups is 3. The Hall–Kier alpha value is -5.75. The number of hydrogen-bond acceptors (Lipinski definition) is 7. The SMILES string of the molecule is COc1ccc([Si](C)(C)[C@H]2[C@H](CC(=O)N(CCO)Cc3ccccc3)O[C@@]3(C(=O)Nc4ccc(N5C(=O)c6ccccc6Oc6ccccc65)cc43)[C@@H]2C)cc1. The van der Waals surface area contributed by atoms with Crippen LogP contribution in [0.4, 0.5) is 17.1 Å². The van der Waals surface area contributed by atoms with E-state index in [4.69, 9.17) is 14.2 Å². The fraction of sp³-hybridized carbons (Fsp3) is 0.267. The van der Waals surface area contributed by atoms with Crippen LogP contribution in [-0.4, -0.2) is 62.2 Å². The second-order valence-electron chi connectivity index (χ2n) is 15.3. The summed E-state index contributed by atoms with van der Waals surface area (Å²) in [6.45, 7) is 6.89. The van der Waals surface area contributed by atoms with Crippen LogP contribution in [0.25, 0.3) is 0 Å². The Morgan fingerprint density at radius 3 is 2.34 bits per heavy atom. The molecule has 5 aromatic rings. The zero-order valence-corrected chi connectivity index (χ0v) is 32.9. The molecule has 0 saturated carbocycles. The number of hydrogen-bond donors (Lipinski definition) is 2. The number of nitrogens with one attached hydrogen (secondary N) is 1. The van der Waals surface area contributed by atoms with E-state index in [0.29, 0.717) is 46.2 Å². The predicted octanol–water partition coefficient (Wildman–Crippen LogP) is 7.36. The van der Waals surface area contributed by atoms with Gasteiger partial charge in [-0.2, -0.15) is 0 Å². The number of benzene rings is 5. The largest absolute Gasteiger partial charge is 0.497 e. The summed E-state index contributed by atoms with van der Waals surface area (Å²) in [5.41, 5.74) is 2.03. The minimum absolute atomic E-state index is 0.0184. The number of aliphatic hydroxyl groups excluding tert-OH is 1. The molecule has 8 rings (SSSR count). The minimum atomic E-state index is -2.56. The van der Waals surface area contributed by atoms with Gasteiger partial charge < -0.3 is 29.5 Å². The van der Waals surface area contributed by atoms with E-state index in [-0.39, 0.29) is 48.8 Å². The molecule has 2 N–H and O–H groups in total. The van der Waals surface area contributed by atoms with Gasteiger partial charge in [0.25, 0.3) is 11.8 Å². The van der Waals surface area contributed by atoms with Crippen molar-refractivity contribution in [1.82, 2.24) is 4.90 Å². The van der Waals surface area contributed by atoms with E-state index in [9.17, 15) is 19.5 Å². The van der Waals surface area contributed by atoms with Crippen LogP contribution in [0.15, 0.2) is 121 Å². The molecule has 3 heterocycles. The molecule has 3 amide bonds. The number of aliphatic hydroxyl groups is 1. The fourth-order valence-corrected chi connectivity index (χ4v) is 13.1. The van der Waals surface area contributed by atoms with E-state index in [1.807, 2.05) is 91.0 Å². The average molecular weight is 768 g/mol. The molecule has 3 aliphatic rings. The van der Waals surface area contributed by atoms with Crippen LogP contribution < -0.4 is 24.9 Å². The van der Waals surface area contributed by atoms with Gasteiger partial charge in [-0.3, -0.25) is 19.3 Å². The number of amides is 3. The normalized spacial score (nSPS) is 21.1. The second-order valence-corrected chi connectivity index (χ2v) is 20.0. The first-order valence-corrected chi connectivity index (χ1v) is 22.1. The van der Waals surface area contributed by atoms with Crippen LogP contribution in [0.2, 0.25) is 18.6 Å². The molecule has 5 aromatic carbocycles. The first-order valence-electron chi connectivity index (χ1n) is 19.0. The number of para-hydroxylation sites is 3. The van der Waals surface area contributed by atoms with Crippen LogP contribution in [0.3, 0.4) is 0 Å². The van der Waals surface area contributed by atoms with Crippen LogP contribution >= 0.6 is 0 Å². The minimum Gasteiger partial charge on any atom is -0.497 e. The highest BCUT2D eigenvalue weighted by Crippen LogP contribution is 2.59. The maximum absolute atomic E-state index is 14.6. The third kappa shape index (κ3) is 6.25. The van der Waals surface area contributed by atoms with Gasteiger partial charge in [0.1, 0.15) is 11.5 Å². The molecule has 11 heteroatoms. The Bertz CT molecular complexity index is 2300. The Morgan fingerprint density at radius 2 is 1.61 bits per heavy atom. The number of ether oxygens (including phenoxy) is 3. The number of nitrogens with zero attached hydrogens (tertiary/aromatic N) is 2. The summed E-state index contributed by atoms with van der Waals surface area (Å²) in [7, 11) is -0.923. The fourth-order valence-electron chi connectivity index (χ4n) is 9.04. The summed E-state index contributed by atoms with van der Waals surface area (Å²) < 4.78 is 18.9. The highest BCUT2D eigenvalue weighted by Gasteiger charge is 2.65. The highest BCUT2D eigenvalue weighted by atomic mass is 28.3. The van der Waals surface area contributed by atoms with Crippen molar-refractivity contribution in [2.24, 2.45) is 5.92 Å². The van der Waals surface area contributed by atoms with Gasteiger partial charge in [-0.15, -0.1) is 0 Å². The van der Waals surface area contributed by atoms with E-state index >= 15 is 0 Å². The topological polar surface area (TPSA) is 118 Å². The number of anilines is 3. The van der Waals surface area contributed by atoms with Crippen LogP contribution in [0.5, 0.6) is 17.2 Å². The van der Waals surface area contributed by atoms with E-state index in [2.05, 4.69) is 37.5 Å². The number of fused-ring (bicyclic) bond motifs is 4. The monoisotopic (exact) mass is 767 g/mol. The summed E-state index contributed by atoms with van der Waals surface area (Å²) >= 11 is 0. The van der Waals surface area contributed by atoms with E-state index in [0.717, 1.165) is 16.5 Å². The molecule has 0 bridgehead atoms. The standard InChI is InChI=1S/C45H45N3O7Si/c1-29-42(56(3,4)33-21-19-32(53-2)20-22-33)40(27-41(50)47(24-25-49)28-30-12-6-5-7-13-30)55-45(29)35-26-31(18-23-36(35)46-44(45)52)48-37-15-9-11-17-39(37)54-38-16-10-8-14-34(38)43(48)51/h5-23,26,29,40,42,49H,24-25,27-28H2,1-4H3,(H,46,52)/t29-,40+,42-,45+/m1/s1. The Balaban J connectivity index is 1.22. The zero-order valence-electron chi connectivity index (χ0n) is 31.9. The summed E-state index contributed by atoms with van der Waals surface area (Å²) in [6.07, 6.45) is -0.621. The van der Waals surface area contributed by atoms with Crippen molar-refractivity contribution in [3.05, 3.63) is 138 Å². The first kappa shape index (κ1) is 37.2. The van der Waals surface area contributed by atoms with Gasteiger partial charge in [0.15, 0.2) is 11.4 Å². The molecule has 10 nitrogen and oxygen atoms in total. The summed E-state index contributed by atoms with van der Waals surface area (Å²) in [5, 5.41) is 14.3. The van der Waals surface area contributed by atoms with Gasteiger partial charge in [-0.1, -0.05) is 91.9 Å². The lowest BCUT2D eigenvalue weighted by molar-refractivity contribution is -0.148. The van der Waals surface area contributed by atoms with Crippen molar-refractivity contribution in [3.8, 4) is 17.2 Å². The maximum Gasteiger partial charge on any atom is 0.266 e. The van der Waals surface area contributed by atoms with Crippen molar-refractivity contribution in [2.75, 3.05) is 30.5 Å². The molecule has 1 spiro atoms. The Kier molecular flexibility index (Phi) is 9.77. The van der Waals surface area contributed by atoms with Crippen molar-refractivity contribution in [2.45, 2.75) is 50.2 Å². The molecule has 286 valence electrons. The van der Waals surface area contributed by atoms with Gasteiger partial charge in [0, 0.05) is 35.9 Å². The third-order valence-corrected chi connectivity index (χ3v) is 16.2. The molecule has 3 aliphatic heterocycles. The summed E-state index contributed by atoms with van der Waals surface area (Å²) in [6, 6.07) is 37.8. The molecule has 4 atom stereocenters. The van der Waals surface area contributed by atoms with E-state index in [1.165, 1.54) is 0 Å². The molecule has 0 aromatic heterocycles. The lowest BCUT2D eigenvalue weighted by Crippen LogP contribution is -2.52. The van der Waals surface area contributed by atoms with Crippen molar-refractivity contribution in [1.29, 1.82) is 0 Å². The van der Waals surface area contributed by atoms with E-state index < -0.39 is 19.8 Å². The van der Waals surface area contributed by atoms with Crippen molar-refractivity contribution < 1.29 is 33.7 Å². The Morgan fingerprint density at radius 1 is 0.911 bits per heavy atom. The molecular weight excluding hydrogens is 723 g/mol. The molecule has 0 unspecified atom stereocenters. The van der Waals surface area contributed by atoms with Gasteiger partial charge in [0.05, 0.1) is 45.6 Å². The predicted molar refractivity (Wildman–Crippen MR) is 218 cm³/mol. The zero-order chi connectivity index (χ0) is 39.2. The van der Waals surface area contributed by atoms with Crippen molar-refractivity contribution in [3.63, 3.8) is 0 Å². The average Bonchev–Trinajstić information content (AvgIpc) is 3.62. The molecule has 1 saturated heterocycles. The molecular formula is C45H45N3O7Si. The van der Waals surface area contributed by atoms with Crippen LogP contribution in [0.1, 0.15) is 34.8 Å². The lowest BCUT2D eigenvalue weighted by atomic mass is 9.82. The maximum atomic E-state index is 14.6. The molecule has 0 aliphatic carbocycles. The van der Waals surface area contributed by atoms with Crippen LogP contribution in [-0.2, 0) is 26.5 Å². The van der Waals surface area contributed by atoms with Gasteiger partial charge in [0.2, 0.25) is 5.91 Å². The van der Waals surface area contributed by atoms with Gasteiger partial charge in [-0.05, 0) is 65.7 Å². The molecule has 1 fully saturated rings. The Labute approximate surface area is 327 Å². The quantitative estimate of drug-likeness (QED) is 0.143. The van der Waals surface area contributed by atoms with Crippen LogP contribution in [0, 0.1) is 5.92 Å². The summed E-state index contributed by atoms with van der Waals surface area (Å²) in [4.78, 5) is 46.6. The smallest absolute Gasteiger partial charge is 0.266 e. The highest BCUT2D eigenvalue weighted by molar-refractivity contribution is 6.91. The third-order valence-electron chi connectivity index (χ3n) is 11.8. The number of methoxy groups -OCH3 is 1. The second kappa shape index (κ2) is 14.7. The lowest BCUT2D eigenvalue weighted by Gasteiger charge is -2.37. The van der Waals surface area contributed by atoms with Gasteiger partial charge >= 0.3 is 0 Å². The van der Waals surface area contributed by atoms with E-state index in [1.54, 1.807) is 35.1 Å². The van der Waals surface area contributed by atoms with Gasteiger partial charge in [-0.25, -0.2) is 0 Å². The number of carbonyl (C=O) groups excluding carboxylic acids is 3.